The highest BCUT2D eigenvalue weighted by molar-refractivity contribution is 6.24. The van der Waals surface area contributed by atoms with Crippen LogP contribution in [0, 0.1) is 0 Å². The van der Waals surface area contributed by atoms with E-state index in [-0.39, 0.29) is 0 Å². The first-order valence-corrected chi connectivity index (χ1v) is 14.3. The Balaban J connectivity index is 1.45. The molecule has 1 N–H and O–H groups in total. The average Bonchev–Trinajstić information content (AvgIpc) is 3.69. The molecule has 43 heavy (non-hydrogen) atoms. The molecule has 5 heterocycles. The number of benzene rings is 4. The van der Waals surface area contributed by atoms with Crippen molar-refractivity contribution >= 4 is 50.7 Å². The summed E-state index contributed by atoms with van der Waals surface area (Å²) in [7, 11) is 4.05. The molecule has 0 spiro atoms. The predicted molar refractivity (Wildman–Crippen MR) is 171 cm³/mol. The smallest absolute Gasteiger partial charge is 0.178 e. The molecule has 1 unspecified atom stereocenters. The topological polar surface area (TPSA) is 83.7 Å². The van der Waals surface area contributed by atoms with Crippen molar-refractivity contribution in [2.45, 2.75) is 12.6 Å². The quantitative estimate of drug-likeness (QED) is 0.262. The van der Waals surface area contributed by atoms with Crippen LogP contribution in [0.5, 0.6) is 0 Å². The monoisotopic (exact) mass is 558 g/mol. The molecule has 4 aromatic carbocycles. The second-order valence-electron chi connectivity index (χ2n) is 11.3. The summed E-state index contributed by atoms with van der Waals surface area (Å²) < 4.78 is 4.15. The Morgan fingerprint density at radius 3 is 1.88 bits per heavy atom. The number of hydrogen-bond acceptors (Lipinski definition) is 6. The van der Waals surface area contributed by atoms with Gasteiger partial charge in [0.05, 0.1) is 0 Å². The lowest BCUT2D eigenvalue weighted by Gasteiger charge is -2.17. The second kappa shape index (κ2) is 8.45. The van der Waals surface area contributed by atoms with Crippen LogP contribution in [0.15, 0.2) is 122 Å². The Labute approximate surface area is 246 Å². The SMILES string of the molecule is Cn1c2c3ccccc3c1NC1=NC(C)(N=c3c4ccccc4c(n3C)=NC3=NC(=N2)c2ccccc23)c2ccccc21. The number of fused-ring (bicyclic) bond motifs is 18. The van der Waals surface area contributed by atoms with Crippen LogP contribution in [0.2, 0.25) is 0 Å². The number of hydrogen-bond donors (Lipinski definition) is 1. The van der Waals surface area contributed by atoms with E-state index in [0.29, 0.717) is 11.7 Å². The van der Waals surface area contributed by atoms with E-state index in [4.69, 9.17) is 25.0 Å². The van der Waals surface area contributed by atoms with Crippen molar-refractivity contribution in [3.8, 4) is 0 Å². The van der Waals surface area contributed by atoms with Crippen molar-refractivity contribution in [3.05, 3.63) is 130 Å². The van der Waals surface area contributed by atoms with Gasteiger partial charge in [0.2, 0.25) is 0 Å². The molecule has 8 nitrogen and oxygen atoms in total. The highest BCUT2D eigenvalue weighted by Crippen LogP contribution is 2.40. The molecule has 0 radical (unpaired) electrons. The van der Waals surface area contributed by atoms with Crippen molar-refractivity contribution < 1.29 is 0 Å². The van der Waals surface area contributed by atoms with E-state index < -0.39 is 5.66 Å². The van der Waals surface area contributed by atoms with Crippen molar-refractivity contribution in [2.75, 3.05) is 5.32 Å². The summed E-state index contributed by atoms with van der Waals surface area (Å²) in [4.78, 5) is 26.1. The lowest BCUT2D eigenvalue weighted by atomic mass is 9.99. The summed E-state index contributed by atoms with van der Waals surface area (Å²) in [6.45, 7) is 2.07. The number of nitrogens with one attached hydrogen (secondary N) is 1. The summed E-state index contributed by atoms with van der Waals surface area (Å²) in [5, 5.41) is 7.81. The fraction of sp³-hybridized carbons (Fsp3) is 0.114. The van der Waals surface area contributed by atoms with Gasteiger partial charge in [-0.05, 0) is 6.92 Å². The molecule has 0 saturated carbocycles. The fourth-order valence-corrected chi connectivity index (χ4v) is 6.65. The van der Waals surface area contributed by atoms with Crippen molar-refractivity contribution in [1.82, 2.24) is 9.13 Å². The van der Waals surface area contributed by atoms with E-state index in [0.717, 1.165) is 72.2 Å². The molecule has 9 rings (SSSR count). The Morgan fingerprint density at radius 1 is 0.558 bits per heavy atom. The van der Waals surface area contributed by atoms with Crippen molar-refractivity contribution in [2.24, 2.45) is 39.1 Å². The molecule has 0 saturated heterocycles. The minimum atomic E-state index is -0.852. The minimum Gasteiger partial charge on any atom is -0.326 e. The van der Waals surface area contributed by atoms with Crippen LogP contribution < -0.4 is 16.3 Å². The number of aliphatic imine (C=N–C) groups is 3. The maximum atomic E-state index is 5.39. The largest absolute Gasteiger partial charge is 0.326 e. The summed E-state index contributed by atoms with van der Waals surface area (Å²) in [5.74, 6) is 3.76. The number of aromatic nitrogens is 2. The van der Waals surface area contributed by atoms with E-state index >= 15 is 0 Å². The van der Waals surface area contributed by atoms with Gasteiger partial charge in [-0.25, -0.2) is 25.0 Å². The number of rotatable bonds is 0. The Kier molecular flexibility index (Phi) is 4.72. The van der Waals surface area contributed by atoms with Gasteiger partial charge in [0.25, 0.3) is 0 Å². The molecule has 0 fully saturated rings. The average molecular weight is 559 g/mol. The molecule has 206 valence electrons. The molecule has 0 amide bonds. The molecule has 0 aliphatic carbocycles. The van der Waals surface area contributed by atoms with Gasteiger partial charge in [-0.2, -0.15) is 0 Å². The maximum absolute atomic E-state index is 5.39. The van der Waals surface area contributed by atoms with Crippen LogP contribution in [0.4, 0.5) is 11.6 Å². The number of anilines is 1. The van der Waals surface area contributed by atoms with Crippen LogP contribution in [-0.2, 0) is 19.8 Å². The second-order valence-corrected chi connectivity index (χ2v) is 11.3. The van der Waals surface area contributed by atoms with Crippen molar-refractivity contribution in [3.63, 3.8) is 0 Å². The lowest BCUT2D eigenvalue weighted by molar-refractivity contribution is 0.514. The molecule has 2 aromatic heterocycles. The molecule has 6 aromatic rings. The summed E-state index contributed by atoms with van der Waals surface area (Å²) >= 11 is 0. The summed E-state index contributed by atoms with van der Waals surface area (Å²) in [6, 6.07) is 33.1. The van der Waals surface area contributed by atoms with Gasteiger partial charge < -0.3 is 14.5 Å². The first kappa shape index (κ1) is 24.0. The third kappa shape index (κ3) is 3.28. The zero-order chi connectivity index (χ0) is 28.9. The zero-order valence-electron chi connectivity index (χ0n) is 23.9. The van der Waals surface area contributed by atoms with Gasteiger partial charge in [-0.3, -0.25) is 0 Å². The Morgan fingerprint density at radius 2 is 1.14 bits per heavy atom. The van der Waals surface area contributed by atoms with Gasteiger partial charge in [0, 0.05) is 57.9 Å². The van der Waals surface area contributed by atoms with Crippen LogP contribution >= 0.6 is 0 Å². The van der Waals surface area contributed by atoms with Gasteiger partial charge in [-0.15, -0.1) is 0 Å². The van der Waals surface area contributed by atoms with E-state index in [1.54, 1.807) is 0 Å². The van der Waals surface area contributed by atoms with E-state index in [1.165, 1.54) is 0 Å². The molecule has 8 bridgehead atoms. The number of nitrogens with zero attached hydrogens (tertiary/aromatic N) is 7. The minimum absolute atomic E-state index is 0.633. The summed E-state index contributed by atoms with van der Waals surface area (Å²) in [5.41, 5.74) is 4.74. The zero-order valence-corrected chi connectivity index (χ0v) is 23.9. The first-order valence-electron chi connectivity index (χ1n) is 14.3. The highest BCUT2D eigenvalue weighted by atomic mass is 15.2. The maximum Gasteiger partial charge on any atom is 0.178 e. The number of amidine groups is 3. The molecule has 1 atom stereocenters. The third-order valence-corrected chi connectivity index (χ3v) is 8.75. The predicted octanol–water partition coefficient (Wildman–Crippen LogP) is 5.51. The van der Waals surface area contributed by atoms with E-state index in [1.807, 2.05) is 50.5 Å². The van der Waals surface area contributed by atoms with Gasteiger partial charge in [-0.1, -0.05) is 97.1 Å². The standard InChI is InChI=1S/C35H26N8/c1-35-27-19-11-10-18-26(27)30(40-35)39-33-23-15-7-6-14-22(23)31(42(33)2)37-28-20-12-4-5-13-21(20)29(36-28)38-32-24-16-8-9-17-25(24)34(41-35)43(32)3/h4-19H,1-3H3,(H,39,40). The molecular weight excluding hydrogens is 532 g/mol. The summed E-state index contributed by atoms with van der Waals surface area (Å²) in [6.07, 6.45) is 0. The molecule has 8 heteroatoms. The highest BCUT2D eigenvalue weighted by Gasteiger charge is 2.36. The lowest BCUT2D eigenvalue weighted by Crippen LogP contribution is -2.28. The van der Waals surface area contributed by atoms with Gasteiger partial charge >= 0.3 is 0 Å². The fourth-order valence-electron chi connectivity index (χ4n) is 6.65. The van der Waals surface area contributed by atoms with E-state index in [2.05, 4.69) is 82.0 Å². The Bertz CT molecular complexity index is 2420. The molecular formula is C35H26N8. The van der Waals surface area contributed by atoms with Gasteiger partial charge in [0.1, 0.15) is 28.4 Å². The van der Waals surface area contributed by atoms with E-state index in [9.17, 15) is 0 Å². The van der Waals surface area contributed by atoms with Crippen LogP contribution in [-0.4, -0.2) is 26.6 Å². The first-order chi connectivity index (χ1) is 21.0. The van der Waals surface area contributed by atoms with Crippen LogP contribution in [0.1, 0.15) is 29.2 Å². The van der Waals surface area contributed by atoms with Crippen molar-refractivity contribution in [1.29, 1.82) is 0 Å². The van der Waals surface area contributed by atoms with Crippen LogP contribution in [0.25, 0.3) is 21.5 Å². The molecule has 3 aliphatic heterocycles. The Hall–Kier alpha value is -5.63. The third-order valence-electron chi connectivity index (χ3n) is 8.75. The molecule has 3 aliphatic rings. The normalized spacial score (nSPS) is 18.3. The van der Waals surface area contributed by atoms with Crippen LogP contribution in [0.3, 0.4) is 0 Å². The van der Waals surface area contributed by atoms with Gasteiger partial charge in [0.15, 0.2) is 17.3 Å².